The Bertz CT molecular complexity index is 1140. The average molecular weight is 425 g/mol. The highest BCUT2D eigenvalue weighted by molar-refractivity contribution is 7.71. The molecule has 0 unspecified atom stereocenters. The molecule has 1 atom stereocenters. The van der Waals surface area contributed by atoms with Crippen molar-refractivity contribution in [2.24, 2.45) is 7.05 Å². The normalized spacial score (nSPS) is 17.0. The second-order valence-electron chi connectivity index (χ2n) is 6.95. The first kappa shape index (κ1) is 18.0. The van der Waals surface area contributed by atoms with E-state index in [2.05, 4.69) is 46.0 Å². The van der Waals surface area contributed by atoms with E-state index in [1.54, 1.807) is 0 Å². The van der Waals surface area contributed by atoms with E-state index in [9.17, 15) is 0 Å². The number of hydrogen-bond donors (Lipinski definition) is 0. The molecule has 28 heavy (non-hydrogen) atoms. The lowest BCUT2D eigenvalue weighted by molar-refractivity contribution is 0.158. The molecular weight excluding hydrogens is 404 g/mol. The molecule has 1 aromatic carbocycles. The minimum Gasteiger partial charge on any atom is -0.303 e. The van der Waals surface area contributed by atoms with E-state index in [1.807, 2.05) is 57.2 Å². The maximum atomic E-state index is 5.72. The molecule has 0 radical (unpaired) electrons. The smallest absolute Gasteiger partial charge is 0.199 e. The van der Waals surface area contributed by atoms with E-state index in [0.717, 1.165) is 29.1 Å². The summed E-state index contributed by atoms with van der Waals surface area (Å²) >= 11 is 9.42. The Kier molecular flexibility index (Phi) is 4.76. The van der Waals surface area contributed by atoms with Gasteiger partial charge in [-0.2, -0.15) is 5.10 Å². The minimum atomic E-state index is 0.277. The molecule has 142 valence electrons. The van der Waals surface area contributed by atoms with Gasteiger partial charge in [-0.15, -0.1) is 22.7 Å². The molecule has 4 heterocycles. The Morgan fingerprint density at radius 3 is 2.71 bits per heavy atom. The molecule has 7 heteroatoms. The molecule has 0 saturated heterocycles. The van der Waals surface area contributed by atoms with Gasteiger partial charge < -0.3 is 4.57 Å². The fraction of sp³-hybridized carbons (Fsp3) is 0.238. The molecule has 5 rings (SSSR count). The van der Waals surface area contributed by atoms with Gasteiger partial charge in [-0.1, -0.05) is 36.4 Å². The van der Waals surface area contributed by atoms with Crippen LogP contribution in [0.3, 0.4) is 0 Å². The number of hydrogen-bond acceptors (Lipinski definition) is 5. The summed E-state index contributed by atoms with van der Waals surface area (Å²) in [5.41, 5.74) is 2.52. The Morgan fingerprint density at radius 2 is 1.93 bits per heavy atom. The fourth-order valence-electron chi connectivity index (χ4n) is 3.89. The first-order valence-electron chi connectivity index (χ1n) is 9.25. The summed E-state index contributed by atoms with van der Waals surface area (Å²) in [6.07, 6.45) is 1.08. The van der Waals surface area contributed by atoms with Gasteiger partial charge in [0.15, 0.2) is 10.6 Å². The summed E-state index contributed by atoms with van der Waals surface area (Å²) < 4.78 is 4.72. The van der Waals surface area contributed by atoms with Gasteiger partial charge in [-0.3, -0.25) is 4.90 Å². The summed E-state index contributed by atoms with van der Waals surface area (Å²) in [6, 6.07) is 17.2. The van der Waals surface area contributed by atoms with E-state index >= 15 is 0 Å². The third kappa shape index (κ3) is 3.08. The van der Waals surface area contributed by atoms with Gasteiger partial charge in [0.1, 0.15) is 0 Å². The SMILES string of the molecule is Cn1c(-c2ccccc2)nn(CN2CCc3sccc3[C@H]2c2cccs2)c1=S. The van der Waals surface area contributed by atoms with Gasteiger partial charge in [0, 0.05) is 28.9 Å². The van der Waals surface area contributed by atoms with Crippen LogP contribution in [0.5, 0.6) is 0 Å². The van der Waals surface area contributed by atoms with E-state index in [-0.39, 0.29) is 6.04 Å². The lowest BCUT2D eigenvalue weighted by Gasteiger charge is -2.35. The minimum absolute atomic E-state index is 0.277. The molecule has 0 N–H and O–H groups in total. The Labute approximate surface area is 177 Å². The van der Waals surface area contributed by atoms with Gasteiger partial charge in [0.2, 0.25) is 0 Å². The largest absolute Gasteiger partial charge is 0.303 e. The summed E-state index contributed by atoms with van der Waals surface area (Å²) in [5, 5.41) is 9.25. The van der Waals surface area contributed by atoms with Crippen molar-refractivity contribution in [2.45, 2.75) is 19.1 Å². The van der Waals surface area contributed by atoms with Gasteiger partial charge in [0.05, 0.1) is 12.7 Å². The molecule has 0 bridgehead atoms. The summed E-state index contributed by atoms with van der Waals surface area (Å²) in [5.74, 6) is 0.909. The van der Waals surface area contributed by atoms with Crippen molar-refractivity contribution in [1.82, 2.24) is 19.2 Å². The molecule has 4 aromatic rings. The predicted octanol–water partition coefficient (Wildman–Crippen LogP) is 5.35. The molecular formula is C21H20N4S3. The van der Waals surface area contributed by atoms with Crippen LogP contribution in [0.25, 0.3) is 11.4 Å². The van der Waals surface area contributed by atoms with Crippen LogP contribution >= 0.6 is 34.9 Å². The second-order valence-corrected chi connectivity index (χ2v) is 9.30. The van der Waals surface area contributed by atoms with Crippen LogP contribution in [0.4, 0.5) is 0 Å². The fourth-order valence-corrected chi connectivity index (χ4v) is 5.86. The van der Waals surface area contributed by atoms with Crippen LogP contribution in [0.1, 0.15) is 21.4 Å². The zero-order valence-corrected chi connectivity index (χ0v) is 17.9. The van der Waals surface area contributed by atoms with E-state index in [1.165, 1.54) is 15.3 Å². The molecule has 0 fully saturated rings. The van der Waals surface area contributed by atoms with Crippen LogP contribution in [0.2, 0.25) is 0 Å². The van der Waals surface area contributed by atoms with Crippen molar-refractivity contribution in [3.63, 3.8) is 0 Å². The molecule has 0 spiro atoms. The molecule has 1 aliphatic heterocycles. The van der Waals surface area contributed by atoms with Crippen molar-refractivity contribution < 1.29 is 0 Å². The van der Waals surface area contributed by atoms with E-state index in [4.69, 9.17) is 17.3 Å². The molecule has 4 nitrogen and oxygen atoms in total. The van der Waals surface area contributed by atoms with Gasteiger partial charge >= 0.3 is 0 Å². The first-order valence-corrected chi connectivity index (χ1v) is 11.4. The molecule has 0 saturated carbocycles. The quantitative estimate of drug-likeness (QED) is 0.413. The van der Waals surface area contributed by atoms with Crippen molar-refractivity contribution in [1.29, 1.82) is 0 Å². The van der Waals surface area contributed by atoms with Crippen molar-refractivity contribution in [3.8, 4) is 11.4 Å². The predicted molar refractivity (Wildman–Crippen MR) is 118 cm³/mol. The highest BCUT2D eigenvalue weighted by Crippen LogP contribution is 2.39. The number of aromatic nitrogens is 3. The number of rotatable bonds is 4. The van der Waals surface area contributed by atoms with Crippen LogP contribution in [-0.2, 0) is 20.1 Å². The summed E-state index contributed by atoms with van der Waals surface area (Å²) in [4.78, 5) is 5.38. The van der Waals surface area contributed by atoms with E-state index < -0.39 is 0 Å². The number of fused-ring (bicyclic) bond motifs is 1. The molecule has 0 amide bonds. The third-order valence-electron chi connectivity index (χ3n) is 5.27. The topological polar surface area (TPSA) is 26.0 Å². The maximum absolute atomic E-state index is 5.72. The van der Waals surface area contributed by atoms with Gasteiger partial charge in [-0.25, -0.2) is 4.68 Å². The molecule has 1 aliphatic rings. The highest BCUT2D eigenvalue weighted by atomic mass is 32.1. The van der Waals surface area contributed by atoms with Crippen molar-refractivity contribution >= 4 is 34.9 Å². The van der Waals surface area contributed by atoms with Crippen LogP contribution in [0.15, 0.2) is 59.3 Å². The average Bonchev–Trinajstić information content (AvgIpc) is 3.46. The Balaban J connectivity index is 1.52. The monoisotopic (exact) mass is 424 g/mol. The number of nitrogens with zero attached hydrogens (tertiary/aromatic N) is 4. The summed E-state index contributed by atoms with van der Waals surface area (Å²) in [6.45, 7) is 1.70. The van der Waals surface area contributed by atoms with Gasteiger partial charge in [0.25, 0.3) is 0 Å². The standard InChI is InChI=1S/C21H20N4S3/c1-23-20(15-6-3-2-4-7-15)22-25(21(23)26)14-24-11-9-17-16(10-13-28-17)19(24)18-8-5-12-27-18/h2-8,10,12-13,19H,9,11,14H2,1H3/t19-/m0/s1. The van der Waals surface area contributed by atoms with Crippen LogP contribution in [-0.4, -0.2) is 25.8 Å². The number of benzene rings is 1. The van der Waals surface area contributed by atoms with Crippen molar-refractivity contribution in [3.05, 3.63) is 79.4 Å². The third-order valence-corrected chi connectivity index (χ3v) is 7.67. The van der Waals surface area contributed by atoms with E-state index in [0.29, 0.717) is 6.67 Å². The second kappa shape index (κ2) is 7.40. The molecule has 3 aromatic heterocycles. The molecule has 0 aliphatic carbocycles. The first-order chi connectivity index (χ1) is 13.7. The highest BCUT2D eigenvalue weighted by Gasteiger charge is 2.31. The lowest BCUT2D eigenvalue weighted by Crippen LogP contribution is -2.36. The Morgan fingerprint density at radius 1 is 1.07 bits per heavy atom. The van der Waals surface area contributed by atoms with Gasteiger partial charge in [-0.05, 0) is 47.1 Å². The zero-order chi connectivity index (χ0) is 19.1. The number of thiophene rings is 2. The van der Waals surface area contributed by atoms with Crippen LogP contribution in [0, 0.1) is 4.77 Å². The summed E-state index contributed by atoms with van der Waals surface area (Å²) in [7, 11) is 2.00. The lowest BCUT2D eigenvalue weighted by atomic mass is 9.99. The Hall–Kier alpha value is -2.06. The maximum Gasteiger partial charge on any atom is 0.199 e. The zero-order valence-electron chi connectivity index (χ0n) is 15.5. The van der Waals surface area contributed by atoms with Crippen LogP contribution < -0.4 is 0 Å². The van der Waals surface area contributed by atoms with Crippen molar-refractivity contribution in [2.75, 3.05) is 6.54 Å².